The number of rotatable bonds is 4. The van der Waals surface area contributed by atoms with E-state index in [1.54, 1.807) is 0 Å². The van der Waals surface area contributed by atoms with Gasteiger partial charge in [0.15, 0.2) is 5.96 Å². The number of nitrogens with two attached hydrogens (primary N) is 1. The third-order valence-electron chi connectivity index (χ3n) is 3.58. The van der Waals surface area contributed by atoms with Crippen LogP contribution < -0.4 is 5.73 Å². The Bertz CT molecular complexity index is 502. The van der Waals surface area contributed by atoms with Crippen molar-refractivity contribution < 1.29 is 4.74 Å². The van der Waals surface area contributed by atoms with Crippen LogP contribution in [0.25, 0.3) is 0 Å². The van der Waals surface area contributed by atoms with Crippen LogP contribution in [0.3, 0.4) is 0 Å². The summed E-state index contributed by atoms with van der Waals surface area (Å²) in [5.74, 6) is 0.623. The van der Waals surface area contributed by atoms with Gasteiger partial charge in [-0.2, -0.15) is 0 Å². The first-order valence-electron chi connectivity index (χ1n) is 7.33. The van der Waals surface area contributed by atoms with E-state index in [1.165, 1.54) is 5.56 Å². The minimum atomic E-state index is 0. The van der Waals surface area contributed by atoms with Crippen molar-refractivity contribution in [3.05, 3.63) is 34.9 Å². The molecule has 1 fully saturated rings. The monoisotopic (exact) mass is 437 g/mol. The molecule has 2 rings (SSSR count). The Hall–Kier alpha value is -0.530. The van der Waals surface area contributed by atoms with Crippen molar-refractivity contribution in [2.75, 3.05) is 32.8 Å². The SMILES string of the molecule is CC(C)(CN=C(N)N1CCOCC1)Cc1cccc(Cl)c1.I. The fourth-order valence-electron chi connectivity index (χ4n) is 2.44. The second-order valence-electron chi connectivity index (χ2n) is 6.24. The van der Waals surface area contributed by atoms with Crippen molar-refractivity contribution >= 4 is 41.5 Å². The smallest absolute Gasteiger partial charge is 0.191 e. The summed E-state index contributed by atoms with van der Waals surface area (Å²) in [4.78, 5) is 6.65. The predicted octanol–water partition coefficient (Wildman–Crippen LogP) is 3.17. The fourth-order valence-corrected chi connectivity index (χ4v) is 2.66. The van der Waals surface area contributed by atoms with Crippen LogP contribution >= 0.6 is 35.6 Å². The third-order valence-corrected chi connectivity index (χ3v) is 3.81. The van der Waals surface area contributed by atoms with E-state index >= 15 is 0 Å². The topological polar surface area (TPSA) is 50.8 Å². The van der Waals surface area contributed by atoms with Crippen LogP contribution in [0, 0.1) is 5.41 Å². The van der Waals surface area contributed by atoms with Gasteiger partial charge in [0.2, 0.25) is 0 Å². The average molecular weight is 438 g/mol. The summed E-state index contributed by atoms with van der Waals surface area (Å²) in [7, 11) is 0. The first-order chi connectivity index (χ1) is 9.96. The zero-order valence-corrected chi connectivity index (χ0v) is 16.3. The van der Waals surface area contributed by atoms with E-state index in [1.807, 2.05) is 18.2 Å². The third kappa shape index (κ3) is 6.30. The lowest BCUT2D eigenvalue weighted by Gasteiger charge is -2.29. The van der Waals surface area contributed by atoms with Gasteiger partial charge in [0.25, 0.3) is 0 Å². The van der Waals surface area contributed by atoms with E-state index in [0.717, 1.165) is 37.7 Å². The molecule has 0 aliphatic carbocycles. The quantitative estimate of drug-likeness (QED) is 0.447. The Morgan fingerprint density at radius 3 is 2.68 bits per heavy atom. The molecule has 1 aliphatic heterocycles. The lowest BCUT2D eigenvalue weighted by Crippen LogP contribution is -2.45. The molecule has 1 saturated heterocycles. The summed E-state index contributed by atoms with van der Waals surface area (Å²) in [5, 5.41) is 0.777. The molecule has 0 bridgehead atoms. The first-order valence-corrected chi connectivity index (χ1v) is 7.71. The molecule has 0 unspecified atom stereocenters. The number of benzene rings is 1. The number of aliphatic imine (C=N–C) groups is 1. The fraction of sp³-hybridized carbons (Fsp3) is 0.562. The molecule has 124 valence electrons. The molecule has 1 aromatic rings. The lowest BCUT2D eigenvalue weighted by atomic mass is 9.86. The summed E-state index contributed by atoms with van der Waals surface area (Å²) in [5.41, 5.74) is 7.34. The molecule has 0 atom stereocenters. The molecular formula is C16H25ClIN3O. The Kier molecular flexibility index (Phi) is 7.93. The average Bonchev–Trinajstić information content (AvgIpc) is 2.45. The van der Waals surface area contributed by atoms with Crippen molar-refractivity contribution in [1.82, 2.24) is 4.90 Å². The molecule has 4 nitrogen and oxygen atoms in total. The lowest BCUT2D eigenvalue weighted by molar-refractivity contribution is 0.0673. The number of hydrogen-bond acceptors (Lipinski definition) is 2. The van der Waals surface area contributed by atoms with Gasteiger partial charge in [-0.1, -0.05) is 37.6 Å². The summed E-state index contributed by atoms with van der Waals surface area (Å²) < 4.78 is 5.32. The van der Waals surface area contributed by atoms with E-state index in [2.05, 4.69) is 29.8 Å². The largest absolute Gasteiger partial charge is 0.378 e. The van der Waals surface area contributed by atoms with Gasteiger partial charge in [-0.3, -0.25) is 4.99 Å². The normalized spacial score (nSPS) is 16.3. The summed E-state index contributed by atoms with van der Waals surface area (Å²) in [6.45, 7) is 8.19. The van der Waals surface area contributed by atoms with Crippen molar-refractivity contribution in [2.24, 2.45) is 16.1 Å². The molecule has 1 heterocycles. The molecule has 0 amide bonds. The van der Waals surface area contributed by atoms with E-state index in [4.69, 9.17) is 22.1 Å². The van der Waals surface area contributed by atoms with E-state index in [-0.39, 0.29) is 29.4 Å². The molecule has 0 radical (unpaired) electrons. The number of ether oxygens (including phenoxy) is 1. The molecule has 0 aromatic heterocycles. The highest BCUT2D eigenvalue weighted by Crippen LogP contribution is 2.24. The van der Waals surface area contributed by atoms with Gasteiger partial charge in [-0.25, -0.2) is 0 Å². The van der Waals surface area contributed by atoms with Crippen LogP contribution in [0.4, 0.5) is 0 Å². The van der Waals surface area contributed by atoms with Crippen LogP contribution in [0.2, 0.25) is 5.02 Å². The van der Waals surface area contributed by atoms with Crippen molar-refractivity contribution in [2.45, 2.75) is 20.3 Å². The highest BCUT2D eigenvalue weighted by molar-refractivity contribution is 14.0. The Morgan fingerprint density at radius 1 is 1.36 bits per heavy atom. The molecule has 2 N–H and O–H groups in total. The van der Waals surface area contributed by atoms with Gasteiger partial charge in [0, 0.05) is 24.7 Å². The van der Waals surface area contributed by atoms with Gasteiger partial charge >= 0.3 is 0 Å². The molecule has 1 aromatic carbocycles. The maximum absolute atomic E-state index is 6.07. The van der Waals surface area contributed by atoms with Crippen molar-refractivity contribution in [3.63, 3.8) is 0 Å². The number of guanidine groups is 1. The predicted molar refractivity (Wildman–Crippen MR) is 103 cm³/mol. The minimum absolute atomic E-state index is 0. The number of halogens is 2. The maximum atomic E-state index is 6.07. The first kappa shape index (κ1) is 19.5. The molecule has 0 spiro atoms. The van der Waals surface area contributed by atoms with Crippen LogP contribution in [-0.2, 0) is 11.2 Å². The highest BCUT2D eigenvalue weighted by atomic mass is 127. The standard InChI is InChI=1S/C16H24ClN3O.HI/c1-16(2,11-13-4-3-5-14(17)10-13)12-19-15(18)20-6-8-21-9-7-20;/h3-5,10H,6-9,11-12H2,1-2H3,(H2,18,19);1H. The Labute approximate surface area is 155 Å². The highest BCUT2D eigenvalue weighted by Gasteiger charge is 2.20. The summed E-state index contributed by atoms with van der Waals surface area (Å²) >= 11 is 6.04. The number of hydrogen-bond donors (Lipinski definition) is 1. The van der Waals surface area contributed by atoms with Gasteiger partial charge in [0.1, 0.15) is 0 Å². The second kappa shape index (κ2) is 8.93. The minimum Gasteiger partial charge on any atom is -0.378 e. The zero-order chi connectivity index (χ0) is 15.3. The van der Waals surface area contributed by atoms with Gasteiger partial charge in [-0.05, 0) is 29.5 Å². The van der Waals surface area contributed by atoms with Gasteiger partial charge in [-0.15, -0.1) is 24.0 Å². The number of nitrogens with zero attached hydrogens (tertiary/aromatic N) is 2. The molecule has 1 aliphatic rings. The van der Waals surface area contributed by atoms with Crippen LogP contribution in [-0.4, -0.2) is 43.7 Å². The molecule has 6 heteroatoms. The van der Waals surface area contributed by atoms with Crippen molar-refractivity contribution in [3.8, 4) is 0 Å². The molecular weight excluding hydrogens is 413 g/mol. The van der Waals surface area contributed by atoms with Gasteiger partial charge < -0.3 is 15.4 Å². The molecule has 22 heavy (non-hydrogen) atoms. The van der Waals surface area contributed by atoms with Crippen molar-refractivity contribution in [1.29, 1.82) is 0 Å². The van der Waals surface area contributed by atoms with E-state index in [0.29, 0.717) is 12.5 Å². The zero-order valence-electron chi connectivity index (χ0n) is 13.2. The number of morpholine rings is 1. The van der Waals surface area contributed by atoms with Crippen LogP contribution in [0.1, 0.15) is 19.4 Å². The maximum Gasteiger partial charge on any atom is 0.191 e. The summed E-state index contributed by atoms with van der Waals surface area (Å²) in [6.07, 6.45) is 0.924. The Balaban J connectivity index is 0.00000242. The Morgan fingerprint density at radius 2 is 2.05 bits per heavy atom. The van der Waals surface area contributed by atoms with Crippen LogP contribution in [0.15, 0.2) is 29.3 Å². The van der Waals surface area contributed by atoms with Crippen LogP contribution in [0.5, 0.6) is 0 Å². The van der Waals surface area contributed by atoms with E-state index < -0.39 is 0 Å². The van der Waals surface area contributed by atoms with E-state index in [9.17, 15) is 0 Å². The second-order valence-corrected chi connectivity index (χ2v) is 6.68. The summed E-state index contributed by atoms with van der Waals surface area (Å²) in [6, 6.07) is 7.99. The van der Waals surface area contributed by atoms with Gasteiger partial charge in [0.05, 0.1) is 13.2 Å². The molecule has 0 saturated carbocycles.